The van der Waals surface area contributed by atoms with Crippen LogP contribution in [0.4, 0.5) is 17.2 Å². The SMILES string of the molecule is CC.CCN(c1ccc(N)cc1)c1ccnc(Cl)n1. The van der Waals surface area contributed by atoms with Gasteiger partial charge in [-0.1, -0.05) is 13.8 Å². The molecular formula is C14H19ClN4. The summed E-state index contributed by atoms with van der Waals surface area (Å²) in [7, 11) is 0. The Morgan fingerprint density at radius 1 is 1.16 bits per heavy atom. The molecule has 0 spiro atoms. The maximum absolute atomic E-state index is 5.79. The second-order valence-electron chi connectivity index (χ2n) is 3.52. The van der Waals surface area contributed by atoms with Crippen LogP contribution in [-0.2, 0) is 0 Å². The molecule has 2 rings (SSSR count). The number of aromatic nitrogens is 2. The molecule has 0 radical (unpaired) electrons. The maximum atomic E-state index is 5.79. The van der Waals surface area contributed by atoms with E-state index in [2.05, 4.69) is 9.97 Å². The molecule has 0 aliphatic carbocycles. The first-order valence-corrected chi connectivity index (χ1v) is 6.70. The molecule has 1 aromatic heterocycles. The predicted molar refractivity (Wildman–Crippen MR) is 81.9 cm³/mol. The lowest BCUT2D eigenvalue weighted by Crippen LogP contribution is -2.17. The van der Waals surface area contributed by atoms with Gasteiger partial charge < -0.3 is 10.6 Å². The number of rotatable bonds is 3. The van der Waals surface area contributed by atoms with Crippen molar-refractivity contribution in [1.82, 2.24) is 9.97 Å². The van der Waals surface area contributed by atoms with Gasteiger partial charge >= 0.3 is 0 Å². The van der Waals surface area contributed by atoms with Crippen LogP contribution < -0.4 is 10.6 Å². The zero-order chi connectivity index (χ0) is 14.3. The number of nitrogen functional groups attached to an aromatic ring is 1. The quantitative estimate of drug-likeness (QED) is 0.683. The van der Waals surface area contributed by atoms with Gasteiger partial charge in [0.15, 0.2) is 0 Å². The summed E-state index contributed by atoms with van der Waals surface area (Å²) in [5.74, 6) is 0.775. The Balaban J connectivity index is 0.000000861. The van der Waals surface area contributed by atoms with Crippen molar-refractivity contribution in [3.63, 3.8) is 0 Å². The van der Waals surface area contributed by atoms with Crippen molar-refractivity contribution in [2.24, 2.45) is 0 Å². The third kappa shape index (κ3) is 4.10. The van der Waals surface area contributed by atoms with Gasteiger partial charge in [-0.25, -0.2) is 9.97 Å². The van der Waals surface area contributed by atoms with Crippen LogP contribution in [0.3, 0.4) is 0 Å². The Hall–Kier alpha value is -1.81. The summed E-state index contributed by atoms with van der Waals surface area (Å²) in [5, 5.41) is 0.247. The summed E-state index contributed by atoms with van der Waals surface area (Å²) in [5.41, 5.74) is 7.43. The second-order valence-corrected chi connectivity index (χ2v) is 3.86. The number of benzene rings is 1. The first-order valence-electron chi connectivity index (χ1n) is 6.32. The van der Waals surface area contributed by atoms with Crippen molar-refractivity contribution < 1.29 is 0 Å². The highest BCUT2D eigenvalue weighted by Crippen LogP contribution is 2.24. The van der Waals surface area contributed by atoms with Gasteiger partial charge in [-0.2, -0.15) is 0 Å². The van der Waals surface area contributed by atoms with Crippen molar-refractivity contribution in [2.45, 2.75) is 20.8 Å². The minimum Gasteiger partial charge on any atom is -0.399 e. The lowest BCUT2D eigenvalue weighted by Gasteiger charge is -2.21. The molecule has 0 amide bonds. The molecule has 4 nitrogen and oxygen atoms in total. The molecule has 2 N–H and O–H groups in total. The zero-order valence-electron chi connectivity index (χ0n) is 11.5. The highest BCUT2D eigenvalue weighted by atomic mass is 35.5. The number of nitrogens with zero attached hydrogens (tertiary/aromatic N) is 3. The van der Waals surface area contributed by atoms with E-state index in [1.54, 1.807) is 6.20 Å². The Bertz CT molecular complexity index is 499. The molecule has 0 bridgehead atoms. The molecule has 0 fully saturated rings. The normalized spacial score (nSPS) is 9.47. The highest BCUT2D eigenvalue weighted by molar-refractivity contribution is 6.28. The minimum absolute atomic E-state index is 0.247. The van der Waals surface area contributed by atoms with Gasteiger partial charge in [0, 0.05) is 24.1 Å². The molecule has 0 aliphatic rings. The Morgan fingerprint density at radius 3 is 2.32 bits per heavy atom. The average molecular weight is 279 g/mol. The van der Waals surface area contributed by atoms with E-state index in [0.717, 1.165) is 23.7 Å². The molecule has 102 valence electrons. The van der Waals surface area contributed by atoms with Gasteiger partial charge in [-0.15, -0.1) is 0 Å². The van der Waals surface area contributed by atoms with Crippen LogP contribution in [0.1, 0.15) is 20.8 Å². The van der Waals surface area contributed by atoms with Crippen LogP contribution in [-0.4, -0.2) is 16.5 Å². The van der Waals surface area contributed by atoms with E-state index in [0.29, 0.717) is 0 Å². The summed E-state index contributed by atoms with van der Waals surface area (Å²) in [6.07, 6.45) is 1.64. The largest absolute Gasteiger partial charge is 0.399 e. The summed E-state index contributed by atoms with van der Waals surface area (Å²) in [4.78, 5) is 10.1. The first kappa shape index (κ1) is 15.2. The number of halogens is 1. The average Bonchev–Trinajstić information content (AvgIpc) is 2.44. The summed E-state index contributed by atoms with van der Waals surface area (Å²) in [6.45, 7) is 6.84. The monoisotopic (exact) mass is 278 g/mol. The molecule has 1 heterocycles. The fourth-order valence-electron chi connectivity index (χ4n) is 1.61. The standard InChI is InChI=1S/C12H13ClN4.C2H6/c1-2-17(10-5-3-9(14)4-6-10)11-7-8-15-12(13)16-11;1-2/h3-8H,2,14H2,1H3;1-2H3. The van der Waals surface area contributed by atoms with Gasteiger partial charge in [0.25, 0.3) is 0 Å². The highest BCUT2D eigenvalue weighted by Gasteiger charge is 2.08. The second kappa shape index (κ2) is 7.59. The van der Waals surface area contributed by atoms with E-state index in [9.17, 15) is 0 Å². The molecule has 0 saturated heterocycles. The Labute approximate surface area is 119 Å². The van der Waals surface area contributed by atoms with Crippen molar-refractivity contribution in [3.8, 4) is 0 Å². The lowest BCUT2D eigenvalue weighted by molar-refractivity contribution is 0.976. The van der Waals surface area contributed by atoms with Crippen LogP contribution >= 0.6 is 11.6 Å². The molecule has 1 aromatic carbocycles. The van der Waals surface area contributed by atoms with Gasteiger partial charge in [0.1, 0.15) is 5.82 Å². The van der Waals surface area contributed by atoms with Crippen LogP contribution in [0, 0.1) is 0 Å². The molecule has 5 heteroatoms. The van der Waals surface area contributed by atoms with E-state index in [4.69, 9.17) is 17.3 Å². The Kier molecular flexibility index (Phi) is 6.09. The van der Waals surface area contributed by atoms with E-state index in [1.807, 2.05) is 56.0 Å². The van der Waals surface area contributed by atoms with Gasteiger partial charge in [0.2, 0.25) is 5.28 Å². The van der Waals surface area contributed by atoms with Crippen LogP contribution in [0.2, 0.25) is 5.28 Å². The summed E-state index contributed by atoms with van der Waals surface area (Å²) in [6, 6.07) is 9.46. The predicted octanol–water partition coefficient (Wildman–Crippen LogP) is 3.90. The first-order chi connectivity index (χ1) is 9.20. The third-order valence-electron chi connectivity index (χ3n) is 2.41. The zero-order valence-corrected chi connectivity index (χ0v) is 12.2. The van der Waals surface area contributed by atoms with E-state index < -0.39 is 0 Å². The minimum atomic E-state index is 0.247. The van der Waals surface area contributed by atoms with Crippen molar-refractivity contribution in [2.75, 3.05) is 17.2 Å². The summed E-state index contributed by atoms with van der Waals surface area (Å²) >= 11 is 5.79. The van der Waals surface area contributed by atoms with Gasteiger partial charge in [0.05, 0.1) is 0 Å². The van der Waals surface area contributed by atoms with Crippen LogP contribution in [0.15, 0.2) is 36.5 Å². The van der Waals surface area contributed by atoms with Crippen molar-refractivity contribution in [1.29, 1.82) is 0 Å². The van der Waals surface area contributed by atoms with Gasteiger partial charge in [-0.05, 0) is 48.9 Å². The topological polar surface area (TPSA) is 55.0 Å². The van der Waals surface area contributed by atoms with Crippen molar-refractivity contribution >= 4 is 28.8 Å². The molecule has 2 aromatic rings. The summed E-state index contributed by atoms with van der Waals surface area (Å²) < 4.78 is 0. The smallest absolute Gasteiger partial charge is 0.224 e. The molecule has 0 unspecified atom stereocenters. The fraction of sp³-hybridized carbons (Fsp3) is 0.286. The van der Waals surface area contributed by atoms with E-state index in [1.165, 1.54) is 0 Å². The Morgan fingerprint density at radius 2 is 1.79 bits per heavy atom. The fourth-order valence-corrected chi connectivity index (χ4v) is 1.75. The number of hydrogen-bond donors (Lipinski definition) is 1. The van der Waals surface area contributed by atoms with Crippen LogP contribution in [0.25, 0.3) is 0 Å². The number of anilines is 3. The van der Waals surface area contributed by atoms with E-state index in [-0.39, 0.29) is 5.28 Å². The maximum Gasteiger partial charge on any atom is 0.224 e. The molecule has 0 saturated carbocycles. The van der Waals surface area contributed by atoms with E-state index >= 15 is 0 Å². The molecule has 19 heavy (non-hydrogen) atoms. The van der Waals surface area contributed by atoms with Crippen LogP contribution in [0.5, 0.6) is 0 Å². The lowest BCUT2D eigenvalue weighted by atomic mass is 10.2. The number of hydrogen-bond acceptors (Lipinski definition) is 4. The molecular weight excluding hydrogens is 260 g/mol. The van der Waals surface area contributed by atoms with Crippen molar-refractivity contribution in [3.05, 3.63) is 41.8 Å². The molecule has 0 atom stereocenters. The number of nitrogens with two attached hydrogens (primary N) is 1. The third-order valence-corrected chi connectivity index (χ3v) is 2.59. The van der Waals surface area contributed by atoms with Gasteiger partial charge in [-0.3, -0.25) is 0 Å². The molecule has 0 aliphatic heterocycles.